The van der Waals surface area contributed by atoms with E-state index in [1.807, 2.05) is 0 Å². The van der Waals surface area contributed by atoms with Crippen LogP contribution in [0.4, 0.5) is 0 Å². The van der Waals surface area contributed by atoms with E-state index in [4.69, 9.17) is 0 Å². The first-order valence-corrected chi connectivity index (χ1v) is 6.19. The number of hydrogen-bond donors (Lipinski definition) is 1. The largest absolute Gasteiger partial charge is 0.357 e. The summed E-state index contributed by atoms with van der Waals surface area (Å²) in [5, 5.41) is 1.42. The van der Waals surface area contributed by atoms with E-state index in [2.05, 4.69) is 41.1 Å². The fraction of sp³-hybridized carbons (Fsp3) is 0.429. The van der Waals surface area contributed by atoms with Crippen LogP contribution in [0.3, 0.4) is 0 Å². The second-order valence-corrected chi connectivity index (χ2v) is 4.65. The summed E-state index contributed by atoms with van der Waals surface area (Å²) < 4.78 is 0. The highest BCUT2D eigenvalue weighted by atomic mass is 15.1. The van der Waals surface area contributed by atoms with Crippen LogP contribution < -0.4 is 0 Å². The molecule has 0 atom stereocenters. The highest BCUT2D eigenvalue weighted by Gasteiger charge is 2.19. The molecule has 1 aliphatic rings. The average molecular weight is 214 g/mol. The van der Waals surface area contributed by atoms with Gasteiger partial charge in [-0.25, -0.2) is 0 Å². The molecular weight excluding hydrogens is 196 g/mol. The molecule has 0 saturated carbocycles. The molecule has 0 radical (unpaired) electrons. The molecule has 2 nitrogen and oxygen atoms in total. The number of aromatic amines is 1. The molecule has 1 N–H and O–H groups in total. The maximum atomic E-state index is 3.56. The van der Waals surface area contributed by atoms with Gasteiger partial charge in [-0.2, -0.15) is 0 Å². The van der Waals surface area contributed by atoms with Crippen molar-refractivity contribution in [1.82, 2.24) is 9.88 Å². The van der Waals surface area contributed by atoms with Crippen LogP contribution in [0.5, 0.6) is 0 Å². The van der Waals surface area contributed by atoms with E-state index in [0.29, 0.717) is 0 Å². The minimum Gasteiger partial charge on any atom is -0.357 e. The van der Waals surface area contributed by atoms with E-state index >= 15 is 0 Å². The Morgan fingerprint density at radius 1 is 1.31 bits per heavy atom. The topological polar surface area (TPSA) is 19.0 Å². The van der Waals surface area contributed by atoms with Crippen molar-refractivity contribution in [3.05, 3.63) is 35.5 Å². The quantitative estimate of drug-likeness (QED) is 0.814. The Morgan fingerprint density at radius 3 is 3.06 bits per heavy atom. The molecule has 0 spiro atoms. The molecule has 2 heterocycles. The van der Waals surface area contributed by atoms with Crippen LogP contribution in [-0.4, -0.2) is 23.0 Å². The summed E-state index contributed by atoms with van der Waals surface area (Å²) in [4.78, 5) is 6.10. The van der Waals surface area contributed by atoms with E-state index in [1.54, 1.807) is 5.56 Å². The van der Waals surface area contributed by atoms with Gasteiger partial charge in [0.05, 0.1) is 0 Å². The fourth-order valence-electron chi connectivity index (χ4n) is 2.76. The van der Waals surface area contributed by atoms with E-state index in [1.165, 1.54) is 42.5 Å². The van der Waals surface area contributed by atoms with E-state index < -0.39 is 0 Å². The molecule has 1 aromatic heterocycles. The van der Waals surface area contributed by atoms with Crippen molar-refractivity contribution in [2.75, 3.05) is 13.1 Å². The molecule has 84 valence electrons. The summed E-state index contributed by atoms with van der Waals surface area (Å²) in [6.07, 6.45) is 2.44. The molecule has 2 aromatic rings. The third-order valence-electron chi connectivity index (χ3n) is 3.50. The van der Waals surface area contributed by atoms with Crippen molar-refractivity contribution in [2.24, 2.45) is 0 Å². The zero-order valence-corrected chi connectivity index (χ0v) is 9.79. The van der Waals surface area contributed by atoms with Crippen molar-refractivity contribution >= 4 is 10.9 Å². The highest BCUT2D eigenvalue weighted by Crippen LogP contribution is 2.27. The summed E-state index contributed by atoms with van der Waals surface area (Å²) in [5.41, 5.74) is 4.27. The van der Waals surface area contributed by atoms with Gasteiger partial charge in [0.2, 0.25) is 0 Å². The molecule has 1 aliphatic heterocycles. The maximum Gasteiger partial charge on any atom is 0.0459 e. The Balaban J connectivity index is 1.99. The fourth-order valence-corrected chi connectivity index (χ4v) is 2.76. The lowest BCUT2D eigenvalue weighted by atomic mass is 10.0. The second kappa shape index (κ2) is 3.95. The van der Waals surface area contributed by atoms with Crippen molar-refractivity contribution < 1.29 is 0 Å². The number of fused-ring (bicyclic) bond motifs is 3. The molecule has 0 fully saturated rings. The Morgan fingerprint density at radius 2 is 2.19 bits per heavy atom. The first-order valence-electron chi connectivity index (χ1n) is 6.19. The Labute approximate surface area is 96.3 Å². The van der Waals surface area contributed by atoms with Gasteiger partial charge in [0.15, 0.2) is 0 Å². The lowest BCUT2D eigenvalue weighted by Gasteiger charge is -2.26. The molecule has 16 heavy (non-hydrogen) atoms. The van der Waals surface area contributed by atoms with Gasteiger partial charge in [-0.3, -0.25) is 4.90 Å². The van der Waals surface area contributed by atoms with Gasteiger partial charge in [0, 0.05) is 29.7 Å². The van der Waals surface area contributed by atoms with Gasteiger partial charge >= 0.3 is 0 Å². The first-order chi connectivity index (χ1) is 7.88. The van der Waals surface area contributed by atoms with E-state index in [0.717, 1.165) is 6.54 Å². The summed E-state index contributed by atoms with van der Waals surface area (Å²) in [6.45, 7) is 5.77. The van der Waals surface area contributed by atoms with Crippen molar-refractivity contribution in [3.8, 4) is 0 Å². The van der Waals surface area contributed by atoms with Crippen LogP contribution >= 0.6 is 0 Å². The first kappa shape index (κ1) is 9.91. The van der Waals surface area contributed by atoms with Gasteiger partial charge in [-0.1, -0.05) is 25.1 Å². The average Bonchev–Trinajstić information content (AvgIpc) is 2.67. The van der Waals surface area contributed by atoms with Crippen LogP contribution in [0.1, 0.15) is 24.6 Å². The number of para-hydroxylation sites is 1. The number of hydrogen-bond acceptors (Lipinski definition) is 1. The number of nitrogens with one attached hydrogen (secondary N) is 1. The lowest BCUT2D eigenvalue weighted by molar-refractivity contribution is 0.252. The summed E-state index contributed by atoms with van der Waals surface area (Å²) >= 11 is 0. The van der Waals surface area contributed by atoms with Crippen molar-refractivity contribution in [3.63, 3.8) is 0 Å². The standard InChI is InChI=1S/C14H18N2/c1-2-8-16-9-7-12-11-5-3-4-6-13(11)15-14(12)10-16/h3-6,15H,2,7-10H2,1H3. The van der Waals surface area contributed by atoms with Crippen LogP contribution in [0.2, 0.25) is 0 Å². The second-order valence-electron chi connectivity index (χ2n) is 4.65. The SMILES string of the molecule is CCCN1CCc2c([nH]c3ccccc23)C1. The third kappa shape index (κ3) is 1.54. The zero-order chi connectivity index (χ0) is 11.0. The zero-order valence-electron chi connectivity index (χ0n) is 9.79. The smallest absolute Gasteiger partial charge is 0.0459 e. The summed E-state index contributed by atoms with van der Waals surface area (Å²) in [5.74, 6) is 0. The van der Waals surface area contributed by atoms with Crippen molar-refractivity contribution in [1.29, 1.82) is 0 Å². The van der Waals surface area contributed by atoms with Crippen LogP contribution in [0.25, 0.3) is 10.9 Å². The predicted molar refractivity (Wildman–Crippen MR) is 67.6 cm³/mol. The molecule has 1 aromatic carbocycles. The lowest BCUT2D eigenvalue weighted by Crippen LogP contribution is -2.30. The van der Waals surface area contributed by atoms with Gasteiger partial charge in [-0.15, -0.1) is 0 Å². The maximum absolute atomic E-state index is 3.56. The molecule has 3 rings (SSSR count). The monoisotopic (exact) mass is 214 g/mol. The number of aromatic nitrogens is 1. The predicted octanol–water partition coefficient (Wildman–Crippen LogP) is 2.94. The minimum absolute atomic E-state index is 1.10. The number of benzene rings is 1. The van der Waals surface area contributed by atoms with Gasteiger partial charge in [0.1, 0.15) is 0 Å². The van der Waals surface area contributed by atoms with E-state index in [-0.39, 0.29) is 0 Å². The van der Waals surface area contributed by atoms with Gasteiger partial charge < -0.3 is 4.98 Å². The van der Waals surface area contributed by atoms with Gasteiger partial charge in [0.25, 0.3) is 0 Å². The minimum atomic E-state index is 1.10. The van der Waals surface area contributed by atoms with Crippen LogP contribution in [-0.2, 0) is 13.0 Å². The van der Waals surface area contributed by atoms with Crippen LogP contribution in [0, 0.1) is 0 Å². The highest BCUT2D eigenvalue weighted by molar-refractivity contribution is 5.84. The molecular formula is C14H18N2. The molecule has 0 amide bonds. The molecule has 2 heteroatoms. The molecule has 0 aliphatic carbocycles. The summed E-state index contributed by atoms with van der Waals surface area (Å²) in [7, 11) is 0. The number of nitrogens with zero attached hydrogens (tertiary/aromatic N) is 1. The number of rotatable bonds is 2. The normalized spacial score (nSPS) is 16.6. The molecule has 0 bridgehead atoms. The van der Waals surface area contributed by atoms with E-state index in [9.17, 15) is 0 Å². The van der Waals surface area contributed by atoms with Crippen molar-refractivity contribution in [2.45, 2.75) is 26.3 Å². The Kier molecular flexibility index (Phi) is 2.44. The molecule has 0 unspecified atom stereocenters. The molecule has 0 saturated heterocycles. The Bertz CT molecular complexity index is 498. The Hall–Kier alpha value is -1.28. The third-order valence-corrected chi connectivity index (χ3v) is 3.50. The summed E-state index contributed by atoms with van der Waals surface area (Å²) in [6, 6.07) is 8.65. The number of H-pyrrole nitrogens is 1. The van der Waals surface area contributed by atoms with Gasteiger partial charge in [-0.05, 0) is 31.0 Å². The van der Waals surface area contributed by atoms with Crippen LogP contribution in [0.15, 0.2) is 24.3 Å².